The Morgan fingerprint density at radius 2 is 2.00 bits per heavy atom. The minimum absolute atomic E-state index is 0.239. The van der Waals surface area contributed by atoms with Crippen LogP contribution in [-0.2, 0) is 5.75 Å². The summed E-state index contributed by atoms with van der Waals surface area (Å²) in [5.41, 5.74) is 1.03. The average molecular weight is 299 g/mol. The van der Waals surface area contributed by atoms with Crippen molar-refractivity contribution in [2.24, 2.45) is 0 Å². The van der Waals surface area contributed by atoms with Gasteiger partial charge in [0.15, 0.2) is 5.16 Å². The Bertz CT molecular complexity index is 479. The maximum absolute atomic E-state index is 12.8. The first-order valence-electron chi connectivity index (χ1n) is 4.59. The van der Waals surface area contributed by atoms with Crippen LogP contribution in [-0.4, -0.2) is 9.97 Å². The van der Waals surface area contributed by atoms with E-state index in [9.17, 15) is 4.39 Å². The number of thioether (sulfide) groups is 1. The molecule has 1 heterocycles. The van der Waals surface area contributed by atoms with E-state index in [1.54, 1.807) is 24.5 Å². The first-order valence-corrected chi connectivity index (χ1v) is 6.37. The van der Waals surface area contributed by atoms with Crippen LogP contribution in [0.25, 0.3) is 0 Å². The van der Waals surface area contributed by atoms with Gasteiger partial charge in [0.2, 0.25) is 0 Å². The van der Waals surface area contributed by atoms with Crippen LogP contribution in [0.2, 0.25) is 0 Å². The van der Waals surface area contributed by atoms with E-state index in [1.807, 2.05) is 0 Å². The van der Waals surface area contributed by atoms with Crippen LogP contribution in [0.1, 0.15) is 5.56 Å². The van der Waals surface area contributed by atoms with Crippen molar-refractivity contribution >= 4 is 27.7 Å². The number of hydrogen-bond acceptors (Lipinski definition) is 3. The fourth-order valence-electron chi connectivity index (χ4n) is 1.14. The summed E-state index contributed by atoms with van der Waals surface area (Å²) in [6.45, 7) is 0. The first kappa shape index (κ1) is 11.5. The van der Waals surface area contributed by atoms with Gasteiger partial charge < -0.3 is 0 Å². The molecule has 1 aromatic heterocycles. The Hall–Kier alpha value is -0.940. The predicted octanol–water partition coefficient (Wildman–Crippen LogP) is 3.67. The van der Waals surface area contributed by atoms with Gasteiger partial charge in [0, 0.05) is 22.6 Å². The van der Waals surface area contributed by atoms with E-state index in [1.165, 1.54) is 23.9 Å². The van der Waals surface area contributed by atoms with Gasteiger partial charge in [-0.05, 0) is 23.8 Å². The summed E-state index contributed by atoms with van der Waals surface area (Å²) in [5.74, 6) is 0.474. The Balaban J connectivity index is 2.05. The second-order valence-corrected chi connectivity index (χ2v) is 4.85. The van der Waals surface area contributed by atoms with Crippen molar-refractivity contribution in [1.82, 2.24) is 9.97 Å². The molecular formula is C11H8BrFN2S. The van der Waals surface area contributed by atoms with Crippen LogP contribution in [0, 0.1) is 5.82 Å². The monoisotopic (exact) mass is 298 g/mol. The van der Waals surface area contributed by atoms with Gasteiger partial charge in [-0.25, -0.2) is 14.4 Å². The number of hydrogen-bond donors (Lipinski definition) is 0. The Kier molecular flexibility index (Phi) is 3.90. The van der Waals surface area contributed by atoms with Crippen molar-refractivity contribution < 1.29 is 4.39 Å². The molecule has 16 heavy (non-hydrogen) atoms. The second-order valence-electron chi connectivity index (χ2n) is 3.06. The van der Waals surface area contributed by atoms with Gasteiger partial charge in [0.1, 0.15) is 5.82 Å². The largest absolute Gasteiger partial charge is 0.231 e. The molecule has 0 atom stereocenters. The molecule has 0 N–H and O–H groups in total. The molecule has 1 aromatic carbocycles. The third-order valence-corrected chi connectivity index (χ3v) is 3.58. The zero-order chi connectivity index (χ0) is 11.4. The summed E-state index contributed by atoms with van der Waals surface area (Å²) >= 11 is 4.85. The number of rotatable bonds is 3. The topological polar surface area (TPSA) is 25.8 Å². The lowest BCUT2D eigenvalue weighted by molar-refractivity contribution is 0.626. The molecule has 0 spiro atoms. The van der Waals surface area contributed by atoms with Crippen molar-refractivity contribution in [2.45, 2.75) is 10.9 Å². The number of halogens is 2. The van der Waals surface area contributed by atoms with Gasteiger partial charge in [-0.1, -0.05) is 33.8 Å². The van der Waals surface area contributed by atoms with Gasteiger partial charge >= 0.3 is 0 Å². The maximum atomic E-state index is 12.8. The van der Waals surface area contributed by atoms with Gasteiger partial charge in [-0.3, -0.25) is 0 Å². The first-order chi connectivity index (χ1) is 7.75. The standard InChI is InChI=1S/C11H8BrFN2S/c12-10-6-9(13)3-2-8(10)7-16-11-14-4-1-5-15-11/h1-6H,7H2. The highest BCUT2D eigenvalue weighted by Gasteiger charge is 2.03. The molecule has 0 radical (unpaired) electrons. The summed E-state index contributed by atoms with van der Waals surface area (Å²) in [4.78, 5) is 8.21. The fraction of sp³-hybridized carbons (Fsp3) is 0.0909. The average Bonchev–Trinajstić information content (AvgIpc) is 2.29. The molecule has 2 nitrogen and oxygen atoms in total. The summed E-state index contributed by atoms with van der Waals surface area (Å²) in [6, 6.07) is 6.45. The Labute approximate surface area is 105 Å². The van der Waals surface area contributed by atoms with Crippen LogP contribution in [0.5, 0.6) is 0 Å². The lowest BCUT2D eigenvalue weighted by atomic mass is 10.2. The summed E-state index contributed by atoms with van der Waals surface area (Å²) in [7, 11) is 0. The van der Waals surface area contributed by atoms with Crippen LogP contribution < -0.4 is 0 Å². The number of nitrogens with zero attached hydrogens (tertiary/aromatic N) is 2. The lowest BCUT2D eigenvalue weighted by Crippen LogP contribution is -1.87. The maximum Gasteiger partial charge on any atom is 0.187 e. The summed E-state index contributed by atoms with van der Waals surface area (Å²) < 4.78 is 13.6. The molecule has 0 aliphatic heterocycles. The molecule has 0 bridgehead atoms. The summed E-state index contributed by atoms with van der Waals surface area (Å²) in [6.07, 6.45) is 3.41. The molecule has 0 aliphatic carbocycles. The highest BCUT2D eigenvalue weighted by molar-refractivity contribution is 9.10. The third kappa shape index (κ3) is 3.02. The molecule has 0 saturated carbocycles. The number of aromatic nitrogens is 2. The number of benzene rings is 1. The van der Waals surface area contributed by atoms with Gasteiger partial charge in [0.05, 0.1) is 0 Å². The van der Waals surface area contributed by atoms with Crippen LogP contribution >= 0.6 is 27.7 Å². The summed E-state index contributed by atoms with van der Waals surface area (Å²) in [5, 5.41) is 0.721. The van der Waals surface area contributed by atoms with Gasteiger partial charge in [-0.15, -0.1) is 0 Å². The highest BCUT2D eigenvalue weighted by atomic mass is 79.9. The molecule has 0 unspecified atom stereocenters. The van der Waals surface area contributed by atoms with E-state index in [0.29, 0.717) is 5.75 Å². The Morgan fingerprint density at radius 3 is 2.69 bits per heavy atom. The van der Waals surface area contributed by atoms with Crippen molar-refractivity contribution in [1.29, 1.82) is 0 Å². The zero-order valence-electron chi connectivity index (χ0n) is 8.23. The minimum atomic E-state index is -0.239. The van der Waals surface area contributed by atoms with Crippen molar-refractivity contribution in [3.63, 3.8) is 0 Å². The molecule has 82 valence electrons. The fourth-order valence-corrected chi connectivity index (χ4v) is 2.62. The zero-order valence-corrected chi connectivity index (χ0v) is 10.6. The quantitative estimate of drug-likeness (QED) is 0.639. The SMILES string of the molecule is Fc1ccc(CSc2ncccn2)c(Br)c1. The van der Waals surface area contributed by atoms with E-state index in [2.05, 4.69) is 25.9 Å². The van der Waals surface area contributed by atoms with Gasteiger partial charge in [0.25, 0.3) is 0 Å². The molecule has 2 aromatic rings. The van der Waals surface area contributed by atoms with Crippen LogP contribution in [0.3, 0.4) is 0 Å². The van der Waals surface area contributed by atoms with Crippen LogP contribution in [0.4, 0.5) is 4.39 Å². The predicted molar refractivity (Wildman–Crippen MR) is 65.7 cm³/mol. The normalized spacial score (nSPS) is 10.4. The van der Waals surface area contributed by atoms with Crippen molar-refractivity contribution in [3.8, 4) is 0 Å². The van der Waals surface area contributed by atoms with E-state index in [-0.39, 0.29) is 5.82 Å². The lowest BCUT2D eigenvalue weighted by Gasteiger charge is -2.03. The van der Waals surface area contributed by atoms with E-state index in [0.717, 1.165) is 15.2 Å². The molecule has 2 rings (SSSR count). The third-order valence-electron chi connectivity index (χ3n) is 1.91. The van der Waals surface area contributed by atoms with E-state index in [4.69, 9.17) is 0 Å². The highest BCUT2D eigenvalue weighted by Crippen LogP contribution is 2.25. The van der Waals surface area contributed by atoms with E-state index < -0.39 is 0 Å². The second kappa shape index (κ2) is 5.41. The van der Waals surface area contributed by atoms with Crippen molar-refractivity contribution in [3.05, 3.63) is 52.5 Å². The van der Waals surface area contributed by atoms with Crippen LogP contribution in [0.15, 0.2) is 46.3 Å². The molecule has 5 heteroatoms. The molecule has 0 fully saturated rings. The Morgan fingerprint density at radius 1 is 1.25 bits per heavy atom. The smallest absolute Gasteiger partial charge is 0.187 e. The van der Waals surface area contributed by atoms with E-state index >= 15 is 0 Å². The van der Waals surface area contributed by atoms with Crippen molar-refractivity contribution in [2.75, 3.05) is 0 Å². The minimum Gasteiger partial charge on any atom is -0.231 e. The van der Waals surface area contributed by atoms with Gasteiger partial charge in [-0.2, -0.15) is 0 Å². The molecule has 0 saturated heterocycles. The molecule has 0 amide bonds. The molecule has 0 aliphatic rings. The molecular weight excluding hydrogens is 291 g/mol.